The third-order valence-corrected chi connectivity index (χ3v) is 5.17. The van der Waals surface area contributed by atoms with E-state index < -0.39 is 5.97 Å². The molecule has 2 amide bonds. The number of nitrogens with one attached hydrogen (secondary N) is 1. The molecule has 0 unspecified atom stereocenters. The normalized spacial score (nSPS) is 15.0. The fourth-order valence-corrected chi connectivity index (χ4v) is 3.47. The van der Waals surface area contributed by atoms with Crippen LogP contribution < -0.4 is 5.32 Å². The van der Waals surface area contributed by atoms with Gasteiger partial charge in [0.2, 0.25) is 0 Å². The molecule has 1 aliphatic rings. The SMILES string of the molecule is CN(CCC(=O)O)C(=O)NCc1ccccc1CN(C)C1CCCCC1. The summed E-state index contributed by atoms with van der Waals surface area (Å²) >= 11 is 0. The molecular formula is C20H31N3O3. The van der Waals surface area contributed by atoms with E-state index in [2.05, 4.69) is 23.3 Å². The molecule has 0 atom stereocenters. The first-order valence-electron chi connectivity index (χ1n) is 9.45. The first-order valence-corrected chi connectivity index (χ1v) is 9.45. The Hall–Kier alpha value is -2.08. The summed E-state index contributed by atoms with van der Waals surface area (Å²) in [7, 11) is 3.80. The van der Waals surface area contributed by atoms with Crippen molar-refractivity contribution in [2.24, 2.45) is 0 Å². The van der Waals surface area contributed by atoms with E-state index in [4.69, 9.17) is 5.11 Å². The summed E-state index contributed by atoms with van der Waals surface area (Å²) in [6, 6.07) is 8.58. The van der Waals surface area contributed by atoms with E-state index in [0.717, 1.165) is 12.1 Å². The summed E-state index contributed by atoms with van der Waals surface area (Å²) in [6.07, 6.45) is 6.47. The molecule has 0 heterocycles. The van der Waals surface area contributed by atoms with Crippen LogP contribution in [0.25, 0.3) is 0 Å². The number of urea groups is 1. The Balaban J connectivity index is 1.89. The van der Waals surface area contributed by atoms with E-state index in [-0.39, 0.29) is 19.0 Å². The number of hydrogen-bond donors (Lipinski definition) is 2. The number of amides is 2. The zero-order valence-corrected chi connectivity index (χ0v) is 15.9. The summed E-state index contributed by atoms with van der Waals surface area (Å²) in [5.74, 6) is -0.902. The molecule has 6 heteroatoms. The highest BCUT2D eigenvalue weighted by Crippen LogP contribution is 2.23. The molecule has 1 aromatic carbocycles. The van der Waals surface area contributed by atoms with Gasteiger partial charge in [-0.05, 0) is 31.0 Å². The number of benzene rings is 1. The molecule has 0 aromatic heterocycles. The van der Waals surface area contributed by atoms with Gasteiger partial charge in [0, 0.05) is 32.7 Å². The molecule has 0 spiro atoms. The first kappa shape index (κ1) is 20.2. The van der Waals surface area contributed by atoms with Crippen LogP contribution in [-0.4, -0.2) is 53.6 Å². The summed E-state index contributed by atoms with van der Waals surface area (Å²) in [6.45, 7) is 1.53. The Morgan fingerprint density at radius 2 is 1.77 bits per heavy atom. The third-order valence-electron chi connectivity index (χ3n) is 5.17. The largest absolute Gasteiger partial charge is 0.481 e. The van der Waals surface area contributed by atoms with E-state index in [1.807, 2.05) is 18.2 Å². The van der Waals surface area contributed by atoms with Gasteiger partial charge in [0.15, 0.2) is 0 Å². The number of carbonyl (C=O) groups is 2. The van der Waals surface area contributed by atoms with Crippen molar-refractivity contribution in [2.45, 2.75) is 57.7 Å². The maximum Gasteiger partial charge on any atom is 0.317 e. The number of carboxylic acids is 1. The van der Waals surface area contributed by atoms with Crippen molar-refractivity contribution >= 4 is 12.0 Å². The summed E-state index contributed by atoms with van der Waals surface area (Å²) in [4.78, 5) is 26.6. The van der Waals surface area contributed by atoms with Gasteiger partial charge in [0.1, 0.15) is 0 Å². The van der Waals surface area contributed by atoms with Crippen LogP contribution in [0.4, 0.5) is 4.79 Å². The fourth-order valence-electron chi connectivity index (χ4n) is 3.47. The summed E-state index contributed by atoms with van der Waals surface area (Å²) in [5, 5.41) is 11.6. The summed E-state index contributed by atoms with van der Waals surface area (Å²) in [5.41, 5.74) is 2.34. The van der Waals surface area contributed by atoms with Gasteiger partial charge >= 0.3 is 12.0 Å². The Bertz CT molecular complexity index is 600. The average molecular weight is 361 g/mol. The quantitative estimate of drug-likeness (QED) is 0.746. The van der Waals surface area contributed by atoms with E-state index in [0.29, 0.717) is 12.6 Å². The van der Waals surface area contributed by atoms with Gasteiger partial charge in [0.25, 0.3) is 0 Å². The molecule has 144 valence electrons. The second-order valence-electron chi connectivity index (χ2n) is 7.20. The number of aliphatic carboxylic acids is 1. The van der Waals surface area contributed by atoms with E-state index in [1.54, 1.807) is 7.05 Å². The lowest BCUT2D eigenvalue weighted by Crippen LogP contribution is -2.38. The Morgan fingerprint density at radius 3 is 2.42 bits per heavy atom. The Labute approximate surface area is 156 Å². The topological polar surface area (TPSA) is 72.9 Å². The van der Waals surface area contributed by atoms with Crippen molar-refractivity contribution in [3.63, 3.8) is 0 Å². The van der Waals surface area contributed by atoms with Crippen LogP contribution in [0.5, 0.6) is 0 Å². The van der Waals surface area contributed by atoms with Crippen LogP contribution in [-0.2, 0) is 17.9 Å². The zero-order chi connectivity index (χ0) is 18.9. The lowest BCUT2D eigenvalue weighted by molar-refractivity contribution is -0.137. The van der Waals surface area contributed by atoms with Crippen molar-refractivity contribution in [1.29, 1.82) is 0 Å². The van der Waals surface area contributed by atoms with Crippen molar-refractivity contribution in [1.82, 2.24) is 15.1 Å². The maximum atomic E-state index is 12.1. The summed E-state index contributed by atoms with van der Waals surface area (Å²) < 4.78 is 0. The van der Waals surface area contributed by atoms with E-state index in [9.17, 15) is 9.59 Å². The molecular weight excluding hydrogens is 330 g/mol. The molecule has 0 bridgehead atoms. The molecule has 0 saturated heterocycles. The minimum absolute atomic E-state index is 0.0489. The van der Waals surface area contributed by atoms with Gasteiger partial charge < -0.3 is 15.3 Å². The molecule has 0 aliphatic heterocycles. The predicted octanol–water partition coefficient (Wildman–Crippen LogP) is 3.07. The number of carbonyl (C=O) groups excluding carboxylic acids is 1. The van der Waals surface area contributed by atoms with Crippen LogP contribution in [0.1, 0.15) is 49.7 Å². The zero-order valence-electron chi connectivity index (χ0n) is 15.9. The van der Waals surface area contributed by atoms with Crippen LogP contribution in [0.15, 0.2) is 24.3 Å². The molecule has 1 saturated carbocycles. The maximum absolute atomic E-state index is 12.1. The highest BCUT2D eigenvalue weighted by molar-refractivity contribution is 5.75. The third kappa shape index (κ3) is 6.33. The molecule has 26 heavy (non-hydrogen) atoms. The number of hydrogen-bond acceptors (Lipinski definition) is 3. The Kier molecular flexibility index (Phi) is 7.91. The van der Waals surface area contributed by atoms with Crippen LogP contribution >= 0.6 is 0 Å². The second kappa shape index (κ2) is 10.2. The highest BCUT2D eigenvalue weighted by Gasteiger charge is 2.19. The highest BCUT2D eigenvalue weighted by atomic mass is 16.4. The number of rotatable bonds is 8. The lowest BCUT2D eigenvalue weighted by atomic mass is 9.94. The molecule has 1 aliphatic carbocycles. The standard InChI is InChI=1S/C20H31N3O3/c1-22(13-12-19(24)25)20(26)21-14-16-8-6-7-9-17(16)15-23(2)18-10-4-3-5-11-18/h6-9,18H,3-5,10-15H2,1-2H3,(H,21,26)(H,24,25). The molecule has 1 aromatic rings. The van der Waals surface area contributed by atoms with Crippen molar-refractivity contribution in [2.75, 3.05) is 20.6 Å². The average Bonchev–Trinajstić information content (AvgIpc) is 2.65. The van der Waals surface area contributed by atoms with Gasteiger partial charge in [-0.15, -0.1) is 0 Å². The lowest BCUT2D eigenvalue weighted by Gasteiger charge is -2.31. The van der Waals surface area contributed by atoms with E-state index in [1.165, 1.54) is 42.6 Å². The molecule has 2 rings (SSSR count). The number of nitrogens with zero attached hydrogens (tertiary/aromatic N) is 2. The minimum atomic E-state index is -0.902. The second-order valence-corrected chi connectivity index (χ2v) is 7.20. The van der Waals surface area contributed by atoms with Gasteiger partial charge in [-0.1, -0.05) is 43.5 Å². The predicted molar refractivity (Wildman–Crippen MR) is 102 cm³/mol. The monoisotopic (exact) mass is 361 g/mol. The van der Waals surface area contributed by atoms with Gasteiger partial charge in [0.05, 0.1) is 6.42 Å². The smallest absolute Gasteiger partial charge is 0.317 e. The Morgan fingerprint density at radius 1 is 1.12 bits per heavy atom. The van der Waals surface area contributed by atoms with Gasteiger partial charge in [-0.3, -0.25) is 9.69 Å². The van der Waals surface area contributed by atoms with Crippen molar-refractivity contribution in [3.05, 3.63) is 35.4 Å². The molecule has 1 fully saturated rings. The fraction of sp³-hybridized carbons (Fsp3) is 0.600. The van der Waals surface area contributed by atoms with Gasteiger partial charge in [-0.25, -0.2) is 4.79 Å². The van der Waals surface area contributed by atoms with Crippen molar-refractivity contribution < 1.29 is 14.7 Å². The van der Waals surface area contributed by atoms with Crippen LogP contribution in [0, 0.1) is 0 Å². The first-order chi connectivity index (χ1) is 12.5. The van der Waals surface area contributed by atoms with Gasteiger partial charge in [-0.2, -0.15) is 0 Å². The van der Waals surface area contributed by atoms with E-state index >= 15 is 0 Å². The molecule has 0 radical (unpaired) electrons. The minimum Gasteiger partial charge on any atom is -0.481 e. The molecule has 6 nitrogen and oxygen atoms in total. The van der Waals surface area contributed by atoms with Crippen LogP contribution in [0.2, 0.25) is 0 Å². The van der Waals surface area contributed by atoms with Crippen LogP contribution in [0.3, 0.4) is 0 Å². The number of carboxylic acid groups (broad SMARTS) is 1. The van der Waals surface area contributed by atoms with Crippen molar-refractivity contribution in [3.8, 4) is 0 Å². The molecule has 2 N–H and O–H groups in total.